The molecule has 0 radical (unpaired) electrons. The summed E-state index contributed by atoms with van der Waals surface area (Å²) in [6.07, 6.45) is 1.11. The minimum atomic E-state index is 0.189. The molecule has 3 nitrogen and oxygen atoms in total. The lowest BCUT2D eigenvalue weighted by Crippen LogP contribution is -2.18. The standard InChI is InChI=1S/C4H8O3/c1-4-2-3-5-7-6-4/h4H,2-3H2,1H3/t4-/m1/s1. The van der Waals surface area contributed by atoms with Gasteiger partial charge < -0.3 is 0 Å². The van der Waals surface area contributed by atoms with Gasteiger partial charge in [-0.2, -0.15) is 0 Å². The van der Waals surface area contributed by atoms with Crippen molar-refractivity contribution in [2.24, 2.45) is 0 Å². The van der Waals surface area contributed by atoms with E-state index >= 15 is 0 Å². The Bertz CT molecular complexity index is 48.9. The Balaban J connectivity index is 2.12. The van der Waals surface area contributed by atoms with Crippen molar-refractivity contribution in [1.29, 1.82) is 0 Å². The minimum absolute atomic E-state index is 0.189. The Morgan fingerprint density at radius 3 is 2.71 bits per heavy atom. The van der Waals surface area contributed by atoms with Crippen LogP contribution in [0.25, 0.3) is 0 Å². The zero-order valence-corrected chi connectivity index (χ0v) is 4.22. The lowest BCUT2D eigenvalue weighted by molar-refractivity contribution is -0.546. The largest absolute Gasteiger partial charge is 0.206 e. The van der Waals surface area contributed by atoms with Gasteiger partial charge in [-0.25, -0.2) is 9.78 Å². The van der Waals surface area contributed by atoms with Crippen LogP contribution in [0, 0.1) is 0 Å². The van der Waals surface area contributed by atoms with Crippen LogP contribution in [0.15, 0.2) is 0 Å². The average molecular weight is 104 g/mol. The highest BCUT2D eigenvalue weighted by molar-refractivity contribution is 4.45. The van der Waals surface area contributed by atoms with Crippen molar-refractivity contribution in [2.75, 3.05) is 6.61 Å². The summed E-state index contributed by atoms with van der Waals surface area (Å²) in [6, 6.07) is 0. The van der Waals surface area contributed by atoms with Crippen LogP contribution in [0.4, 0.5) is 0 Å². The Hall–Kier alpha value is -0.120. The molecule has 0 saturated carbocycles. The number of rotatable bonds is 0. The molecule has 1 atom stereocenters. The van der Waals surface area contributed by atoms with Crippen molar-refractivity contribution in [3.8, 4) is 0 Å². The van der Waals surface area contributed by atoms with Crippen LogP contribution in [-0.2, 0) is 14.8 Å². The smallest absolute Gasteiger partial charge is 0.0956 e. The molecular formula is C4H8O3. The number of hydrogen-bond acceptors (Lipinski definition) is 3. The molecule has 0 spiro atoms. The van der Waals surface area contributed by atoms with E-state index < -0.39 is 0 Å². The summed E-state index contributed by atoms with van der Waals surface area (Å²) in [6.45, 7) is 2.57. The molecule has 1 heterocycles. The van der Waals surface area contributed by atoms with Crippen LogP contribution in [0.1, 0.15) is 13.3 Å². The molecule has 0 unspecified atom stereocenters. The van der Waals surface area contributed by atoms with Crippen molar-refractivity contribution in [1.82, 2.24) is 0 Å². The van der Waals surface area contributed by atoms with E-state index in [2.05, 4.69) is 14.8 Å². The maximum absolute atomic E-state index is 4.56. The normalized spacial score (nSPS) is 33.0. The first kappa shape index (κ1) is 5.03. The lowest BCUT2D eigenvalue weighted by Gasteiger charge is -2.14. The molecule has 0 aromatic carbocycles. The summed E-state index contributed by atoms with van der Waals surface area (Å²) in [5.41, 5.74) is 0. The molecule has 1 aliphatic rings. The van der Waals surface area contributed by atoms with E-state index in [-0.39, 0.29) is 6.10 Å². The first-order valence-electron chi connectivity index (χ1n) is 2.34. The van der Waals surface area contributed by atoms with Crippen LogP contribution in [0.2, 0.25) is 0 Å². The first-order valence-corrected chi connectivity index (χ1v) is 2.34. The van der Waals surface area contributed by atoms with Crippen LogP contribution in [0.5, 0.6) is 0 Å². The van der Waals surface area contributed by atoms with Crippen molar-refractivity contribution in [3.05, 3.63) is 0 Å². The van der Waals surface area contributed by atoms with E-state index in [4.69, 9.17) is 0 Å². The van der Waals surface area contributed by atoms with Gasteiger partial charge >= 0.3 is 0 Å². The molecule has 42 valence electrons. The van der Waals surface area contributed by atoms with E-state index in [1.54, 1.807) is 0 Å². The van der Waals surface area contributed by atoms with Gasteiger partial charge in [0.1, 0.15) is 0 Å². The van der Waals surface area contributed by atoms with Gasteiger partial charge in [0.2, 0.25) is 0 Å². The molecular weight excluding hydrogens is 96.0 g/mol. The predicted molar refractivity (Wildman–Crippen MR) is 22.2 cm³/mol. The molecule has 0 N–H and O–H groups in total. The molecule has 1 fully saturated rings. The van der Waals surface area contributed by atoms with Crippen LogP contribution in [0.3, 0.4) is 0 Å². The highest BCUT2D eigenvalue weighted by Gasteiger charge is 2.08. The van der Waals surface area contributed by atoms with Crippen LogP contribution < -0.4 is 0 Å². The summed E-state index contributed by atoms with van der Waals surface area (Å²) < 4.78 is 0. The maximum Gasteiger partial charge on any atom is 0.0956 e. The van der Waals surface area contributed by atoms with Crippen LogP contribution in [-0.4, -0.2) is 12.7 Å². The quantitative estimate of drug-likeness (QED) is 0.422. The van der Waals surface area contributed by atoms with Gasteiger partial charge in [0.25, 0.3) is 0 Å². The van der Waals surface area contributed by atoms with E-state index in [1.807, 2.05) is 6.92 Å². The summed E-state index contributed by atoms with van der Waals surface area (Å²) in [7, 11) is 0. The van der Waals surface area contributed by atoms with Gasteiger partial charge in [0.15, 0.2) is 0 Å². The van der Waals surface area contributed by atoms with Crippen molar-refractivity contribution in [2.45, 2.75) is 19.4 Å². The van der Waals surface area contributed by atoms with E-state index in [9.17, 15) is 0 Å². The van der Waals surface area contributed by atoms with Gasteiger partial charge in [0, 0.05) is 6.42 Å². The topological polar surface area (TPSA) is 27.7 Å². The molecule has 1 saturated heterocycles. The molecule has 0 bridgehead atoms. The zero-order valence-electron chi connectivity index (χ0n) is 4.22. The van der Waals surface area contributed by atoms with Gasteiger partial charge in [-0.1, -0.05) is 5.04 Å². The Morgan fingerprint density at radius 2 is 2.43 bits per heavy atom. The van der Waals surface area contributed by atoms with Gasteiger partial charge in [-0.15, -0.1) is 0 Å². The Kier molecular flexibility index (Phi) is 1.62. The zero-order chi connectivity index (χ0) is 5.11. The lowest BCUT2D eigenvalue weighted by atomic mass is 10.3. The van der Waals surface area contributed by atoms with Gasteiger partial charge in [0.05, 0.1) is 12.7 Å². The molecule has 1 aliphatic heterocycles. The maximum atomic E-state index is 4.56. The Morgan fingerprint density at radius 1 is 1.57 bits per heavy atom. The molecule has 1 rings (SSSR count). The van der Waals surface area contributed by atoms with Gasteiger partial charge in [-0.3, -0.25) is 0 Å². The van der Waals surface area contributed by atoms with E-state index in [1.165, 1.54) is 0 Å². The number of hydrogen-bond donors (Lipinski definition) is 0. The summed E-state index contributed by atoms with van der Waals surface area (Å²) in [5, 5.41) is 4.18. The molecule has 0 aliphatic carbocycles. The van der Waals surface area contributed by atoms with Crippen LogP contribution >= 0.6 is 0 Å². The second-order valence-electron chi connectivity index (χ2n) is 1.59. The third-order valence-electron chi connectivity index (χ3n) is 0.859. The molecule has 3 heteroatoms. The SMILES string of the molecule is C[C@@H]1CCOOO1. The van der Waals surface area contributed by atoms with Gasteiger partial charge in [-0.05, 0) is 6.92 Å². The molecule has 0 amide bonds. The molecule has 0 aromatic rings. The van der Waals surface area contributed by atoms with Crippen molar-refractivity contribution >= 4 is 0 Å². The second-order valence-corrected chi connectivity index (χ2v) is 1.59. The van der Waals surface area contributed by atoms with E-state index in [0.717, 1.165) is 6.42 Å². The fourth-order valence-electron chi connectivity index (χ4n) is 0.391. The van der Waals surface area contributed by atoms with E-state index in [0.29, 0.717) is 6.61 Å². The fourth-order valence-corrected chi connectivity index (χ4v) is 0.391. The highest BCUT2D eigenvalue weighted by Crippen LogP contribution is 2.04. The Labute approximate surface area is 42.0 Å². The molecule has 0 aromatic heterocycles. The average Bonchev–Trinajstić information content (AvgIpc) is 1.69. The third kappa shape index (κ3) is 1.43. The van der Waals surface area contributed by atoms with Crippen molar-refractivity contribution < 1.29 is 14.8 Å². The molecule has 7 heavy (non-hydrogen) atoms. The van der Waals surface area contributed by atoms with Crippen molar-refractivity contribution in [3.63, 3.8) is 0 Å². The monoisotopic (exact) mass is 104 g/mol. The second kappa shape index (κ2) is 2.26. The minimum Gasteiger partial charge on any atom is -0.206 e. The summed E-state index contributed by atoms with van der Waals surface area (Å²) in [4.78, 5) is 8.97. The summed E-state index contributed by atoms with van der Waals surface area (Å²) in [5.74, 6) is 0. The third-order valence-corrected chi connectivity index (χ3v) is 0.859. The summed E-state index contributed by atoms with van der Waals surface area (Å²) >= 11 is 0. The highest BCUT2D eigenvalue weighted by atomic mass is 17.5. The predicted octanol–water partition coefficient (Wildman–Crippen LogP) is 0.658. The fraction of sp³-hybridized carbons (Fsp3) is 1.00. The first-order chi connectivity index (χ1) is 3.39.